The molecule has 0 aliphatic rings. The van der Waals surface area contributed by atoms with Gasteiger partial charge in [0.15, 0.2) is 0 Å². The van der Waals surface area contributed by atoms with Crippen LogP contribution in [0.2, 0.25) is 0 Å². The molecule has 0 saturated heterocycles. The minimum atomic E-state index is -0.439. The van der Waals surface area contributed by atoms with Gasteiger partial charge in [-0.05, 0) is 30.3 Å². The predicted octanol–water partition coefficient (Wildman–Crippen LogP) is 4.51. The summed E-state index contributed by atoms with van der Waals surface area (Å²) in [5, 5.41) is 26.9. The smallest absolute Gasteiger partial charge is 0.323 e. The number of aliphatic hydroxyl groups is 2. The van der Waals surface area contributed by atoms with Crippen LogP contribution < -0.4 is 16.0 Å². The van der Waals surface area contributed by atoms with E-state index in [0.717, 1.165) is 14.6 Å². The van der Waals surface area contributed by atoms with E-state index in [-0.39, 0.29) is 13.2 Å². The molecule has 0 aliphatic heterocycles. The maximum Gasteiger partial charge on any atom is 0.323 e. The molecule has 0 spiro atoms. The fraction of sp³-hybridized carbons (Fsp3) is 0.188. The molecular formula is C16H16Br3N3O3. The van der Waals surface area contributed by atoms with Crippen molar-refractivity contribution < 1.29 is 15.0 Å². The highest BCUT2D eigenvalue weighted by Gasteiger charge is 2.11. The predicted molar refractivity (Wildman–Crippen MR) is 110 cm³/mol. The molecule has 0 aliphatic carbocycles. The summed E-state index contributed by atoms with van der Waals surface area (Å²) in [5.74, 6) is 0. The van der Waals surface area contributed by atoms with Crippen LogP contribution in [0.1, 0.15) is 5.56 Å². The van der Waals surface area contributed by atoms with E-state index in [0.29, 0.717) is 28.0 Å². The molecule has 134 valence electrons. The number of aliphatic hydroxyl groups excluding tert-OH is 2. The SMILES string of the molecule is O=C(Nc1cc(Br)cc(NCCO)c1)Nc1cc(Br)cc(Br)c1CO. The standard InChI is InChI=1S/C16H16Br3N3O3/c17-9-3-11(20-1-2-23)7-12(4-9)21-16(25)22-15-6-10(18)5-14(19)13(15)8-24/h3-7,20,23-24H,1-2,8H2,(H2,21,22,25). The molecule has 0 saturated carbocycles. The minimum Gasteiger partial charge on any atom is -0.395 e. The van der Waals surface area contributed by atoms with E-state index in [1.807, 2.05) is 6.07 Å². The molecule has 25 heavy (non-hydrogen) atoms. The topological polar surface area (TPSA) is 93.6 Å². The summed E-state index contributed by atoms with van der Waals surface area (Å²) in [5.41, 5.74) is 2.42. The van der Waals surface area contributed by atoms with Gasteiger partial charge >= 0.3 is 6.03 Å². The van der Waals surface area contributed by atoms with Crippen LogP contribution in [0.3, 0.4) is 0 Å². The Morgan fingerprint density at radius 2 is 1.60 bits per heavy atom. The lowest BCUT2D eigenvalue weighted by atomic mass is 10.2. The van der Waals surface area contributed by atoms with Gasteiger partial charge in [0.05, 0.1) is 18.9 Å². The van der Waals surface area contributed by atoms with Crippen LogP contribution >= 0.6 is 47.8 Å². The molecule has 0 radical (unpaired) electrons. The van der Waals surface area contributed by atoms with Crippen molar-refractivity contribution in [3.8, 4) is 0 Å². The Balaban J connectivity index is 2.14. The van der Waals surface area contributed by atoms with Crippen molar-refractivity contribution in [2.24, 2.45) is 0 Å². The zero-order valence-corrected chi connectivity index (χ0v) is 17.7. The monoisotopic (exact) mass is 535 g/mol. The Bertz CT molecular complexity index is 772. The Hall–Kier alpha value is -1.13. The number of anilines is 3. The van der Waals surface area contributed by atoms with E-state index in [1.54, 1.807) is 24.3 Å². The van der Waals surface area contributed by atoms with Crippen molar-refractivity contribution >= 4 is 70.9 Å². The summed E-state index contributed by atoms with van der Waals surface area (Å²) in [6, 6.07) is 8.42. The van der Waals surface area contributed by atoms with Gasteiger partial charge in [0.2, 0.25) is 0 Å². The number of carbonyl (C=O) groups is 1. The second-order valence-electron chi connectivity index (χ2n) is 5.03. The van der Waals surface area contributed by atoms with Gasteiger partial charge in [-0.3, -0.25) is 0 Å². The van der Waals surface area contributed by atoms with Gasteiger partial charge < -0.3 is 26.2 Å². The molecule has 2 aromatic rings. The number of rotatable bonds is 6. The van der Waals surface area contributed by atoms with Crippen molar-refractivity contribution in [2.75, 3.05) is 29.1 Å². The van der Waals surface area contributed by atoms with E-state index < -0.39 is 6.03 Å². The van der Waals surface area contributed by atoms with Crippen LogP contribution in [0, 0.1) is 0 Å². The van der Waals surface area contributed by atoms with E-state index >= 15 is 0 Å². The summed E-state index contributed by atoms with van der Waals surface area (Å²) < 4.78 is 2.24. The zero-order chi connectivity index (χ0) is 18.4. The minimum absolute atomic E-state index is 0.0114. The lowest BCUT2D eigenvalue weighted by Gasteiger charge is -2.14. The summed E-state index contributed by atoms with van der Waals surface area (Å²) in [7, 11) is 0. The molecule has 0 bridgehead atoms. The first-order chi connectivity index (χ1) is 11.9. The third-order valence-electron chi connectivity index (χ3n) is 3.16. The summed E-state index contributed by atoms with van der Waals surface area (Å²) in [4.78, 5) is 12.3. The lowest BCUT2D eigenvalue weighted by molar-refractivity contribution is 0.262. The van der Waals surface area contributed by atoms with Crippen LogP contribution in [0.5, 0.6) is 0 Å². The van der Waals surface area contributed by atoms with Gasteiger partial charge in [0.25, 0.3) is 0 Å². The molecule has 9 heteroatoms. The summed E-state index contributed by atoms with van der Waals surface area (Å²) >= 11 is 10.1. The molecular weight excluding hydrogens is 522 g/mol. The Kier molecular flexibility index (Phi) is 7.70. The zero-order valence-electron chi connectivity index (χ0n) is 12.9. The van der Waals surface area contributed by atoms with Crippen LogP contribution in [0.25, 0.3) is 0 Å². The van der Waals surface area contributed by atoms with Crippen molar-refractivity contribution in [1.82, 2.24) is 0 Å². The lowest BCUT2D eigenvalue weighted by Crippen LogP contribution is -2.20. The second-order valence-corrected chi connectivity index (χ2v) is 7.72. The van der Waals surface area contributed by atoms with Crippen LogP contribution in [0.4, 0.5) is 21.9 Å². The first-order valence-corrected chi connectivity index (χ1v) is 9.63. The van der Waals surface area contributed by atoms with Gasteiger partial charge in [-0.2, -0.15) is 0 Å². The molecule has 0 atom stereocenters. The molecule has 6 nitrogen and oxygen atoms in total. The maximum absolute atomic E-state index is 12.3. The fourth-order valence-electron chi connectivity index (χ4n) is 2.12. The second kappa shape index (κ2) is 9.54. The number of hydrogen-bond donors (Lipinski definition) is 5. The molecule has 0 fully saturated rings. The highest BCUT2D eigenvalue weighted by Crippen LogP contribution is 2.30. The quantitative estimate of drug-likeness (QED) is 0.375. The average molecular weight is 538 g/mol. The first kappa shape index (κ1) is 20.2. The van der Waals surface area contributed by atoms with Crippen molar-refractivity contribution in [1.29, 1.82) is 0 Å². The third-order valence-corrected chi connectivity index (χ3v) is 4.79. The van der Waals surface area contributed by atoms with Gasteiger partial charge in [-0.1, -0.05) is 47.8 Å². The molecule has 0 unspecified atom stereocenters. The van der Waals surface area contributed by atoms with E-state index in [9.17, 15) is 9.90 Å². The van der Waals surface area contributed by atoms with Crippen molar-refractivity contribution in [3.63, 3.8) is 0 Å². The molecule has 2 aromatic carbocycles. The van der Waals surface area contributed by atoms with Crippen LogP contribution in [0.15, 0.2) is 43.7 Å². The van der Waals surface area contributed by atoms with E-state index in [2.05, 4.69) is 63.7 Å². The number of benzene rings is 2. The number of halogens is 3. The molecule has 2 rings (SSSR count). The van der Waals surface area contributed by atoms with Gasteiger partial charge in [-0.25, -0.2) is 4.79 Å². The number of carbonyl (C=O) groups excluding carboxylic acids is 1. The number of hydrogen-bond acceptors (Lipinski definition) is 4. The summed E-state index contributed by atoms with van der Waals surface area (Å²) in [6.45, 7) is 0.209. The van der Waals surface area contributed by atoms with Crippen LogP contribution in [-0.4, -0.2) is 29.4 Å². The van der Waals surface area contributed by atoms with Crippen molar-refractivity contribution in [2.45, 2.75) is 6.61 Å². The highest BCUT2D eigenvalue weighted by atomic mass is 79.9. The fourth-order valence-corrected chi connectivity index (χ4v) is 3.97. The van der Waals surface area contributed by atoms with E-state index in [1.165, 1.54) is 0 Å². The number of urea groups is 1. The normalized spacial score (nSPS) is 10.4. The van der Waals surface area contributed by atoms with Crippen molar-refractivity contribution in [3.05, 3.63) is 49.3 Å². The van der Waals surface area contributed by atoms with Gasteiger partial charge in [0, 0.05) is 36.9 Å². The molecule has 5 N–H and O–H groups in total. The van der Waals surface area contributed by atoms with E-state index in [4.69, 9.17) is 5.11 Å². The highest BCUT2D eigenvalue weighted by molar-refractivity contribution is 9.11. The average Bonchev–Trinajstić information content (AvgIpc) is 2.51. The number of amides is 2. The molecule has 2 amide bonds. The summed E-state index contributed by atoms with van der Waals surface area (Å²) in [6.07, 6.45) is 0. The molecule has 0 heterocycles. The third kappa shape index (κ3) is 5.96. The maximum atomic E-state index is 12.3. The van der Waals surface area contributed by atoms with Gasteiger partial charge in [-0.15, -0.1) is 0 Å². The number of nitrogens with one attached hydrogen (secondary N) is 3. The molecule has 0 aromatic heterocycles. The van der Waals surface area contributed by atoms with Gasteiger partial charge in [0.1, 0.15) is 0 Å². The van der Waals surface area contributed by atoms with Crippen LogP contribution in [-0.2, 0) is 6.61 Å². The Morgan fingerprint density at radius 1 is 0.920 bits per heavy atom. The Labute approximate surface area is 170 Å². The Morgan fingerprint density at radius 3 is 2.28 bits per heavy atom. The largest absolute Gasteiger partial charge is 0.395 e. The first-order valence-electron chi connectivity index (χ1n) is 7.25.